The van der Waals surface area contributed by atoms with E-state index in [0.717, 1.165) is 30.6 Å². The van der Waals surface area contributed by atoms with Gasteiger partial charge < -0.3 is 15.2 Å². The fraction of sp³-hybridized carbons (Fsp3) is 0.438. The zero-order valence-corrected chi connectivity index (χ0v) is 18.2. The van der Waals surface area contributed by atoms with Crippen LogP contribution in [0.15, 0.2) is 15.7 Å². The molecule has 31 heavy (non-hydrogen) atoms. The van der Waals surface area contributed by atoms with Crippen LogP contribution in [-0.4, -0.2) is 67.3 Å². The van der Waals surface area contributed by atoms with Gasteiger partial charge in [0.1, 0.15) is 23.7 Å². The molecule has 0 bridgehead atoms. The Morgan fingerprint density at radius 2 is 2.03 bits per heavy atom. The van der Waals surface area contributed by atoms with Crippen LogP contribution in [0.3, 0.4) is 0 Å². The zero-order valence-electron chi connectivity index (χ0n) is 15.8. The van der Waals surface area contributed by atoms with Crippen molar-refractivity contribution in [2.24, 2.45) is 7.05 Å². The van der Waals surface area contributed by atoms with Crippen LogP contribution in [0.4, 0.5) is 13.2 Å². The van der Waals surface area contributed by atoms with Crippen LogP contribution in [0.2, 0.25) is 0 Å². The third-order valence-electron chi connectivity index (χ3n) is 4.46. The summed E-state index contributed by atoms with van der Waals surface area (Å²) in [4.78, 5) is 48.7. The highest BCUT2D eigenvalue weighted by Crippen LogP contribution is 2.41. The van der Waals surface area contributed by atoms with Crippen LogP contribution in [0.1, 0.15) is 23.1 Å². The number of halogens is 4. The molecule has 1 fully saturated rings. The summed E-state index contributed by atoms with van der Waals surface area (Å²) in [5, 5.41) is 14.6. The Hall–Kier alpha value is -2.55. The maximum Gasteiger partial charge on any atom is 0.434 e. The van der Waals surface area contributed by atoms with Gasteiger partial charge >= 0.3 is 18.1 Å². The van der Waals surface area contributed by atoms with Gasteiger partial charge in [0.25, 0.3) is 11.8 Å². The molecule has 2 atom stereocenters. The zero-order chi connectivity index (χ0) is 23.2. The number of rotatable bonds is 5. The highest BCUT2D eigenvalue weighted by molar-refractivity contribution is 9.10. The van der Waals surface area contributed by atoms with E-state index in [-0.39, 0.29) is 23.6 Å². The molecule has 0 spiro atoms. The summed E-state index contributed by atoms with van der Waals surface area (Å²) in [6.07, 6.45) is -4.76. The number of alkyl halides is 3. The van der Waals surface area contributed by atoms with Crippen molar-refractivity contribution in [2.75, 3.05) is 12.4 Å². The molecule has 0 radical (unpaired) electrons. The van der Waals surface area contributed by atoms with E-state index in [4.69, 9.17) is 4.74 Å². The number of carbonyl (C=O) groups excluding carboxylic acids is 3. The lowest BCUT2D eigenvalue weighted by Gasteiger charge is -2.49. The van der Waals surface area contributed by atoms with Gasteiger partial charge in [0, 0.05) is 25.3 Å². The summed E-state index contributed by atoms with van der Waals surface area (Å²) in [7, 11) is 1.02. The standard InChI is InChI=1S/C16H14BrF3N4O6S/c1-5(25)30-3-6-4-31-14-9(13(27)24(14)10(6)15(28)29)21-12(26)8-7(17)11(16(18,19)20)23(2)22-8/h9,14H,3-4H2,1-2H3,(H,21,26)(H,28,29)/t9-,14+/m1/s1. The largest absolute Gasteiger partial charge is 0.477 e. The molecule has 0 saturated carbocycles. The number of carbonyl (C=O) groups is 4. The summed E-state index contributed by atoms with van der Waals surface area (Å²) in [6, 6.07) is -1.16. The topological polar surface area (TPSA) is 131 Å². The lowest BCUT2D eigenvalue weighted by molar-refractivity contribution is -0.149. The summed E-state index contributed by atoms with van der Waals surface area (Å²) < 4.78 is 44.0. The van der Waals surface area contributed by atoms with Crippen LogP contribution in [0, 0.1) is 0 Å². The van der Waals surface area contributed by atoms with E-state index < -0.39 is 57.2 Å². The quantitative estimate of drug-likeness (QED) is 0.431. The van der Waals surface area contributed by atoms with E-state index in [1.54, 1.807) is 0 Å². The summed E-state index contributed by atoms with van der Waals surface area (Å²) in [5.74, 6) is -3.70. The number of aromatic nitrogens is 2. The Morgan fingerprint density at radius 1 is 1.39 bits per heavy atom. The van der Waals surface area contributed by atoms with Crippen molar-refractivity contribution in [3.05, 3.63) is 27.1 Å². The summed E-state index contributed by atoms with van der Waals surface area (Å²) in [5.41, 5.74) is -1.87. The smallest absolute Gasteiger partial charge is 0.434 e. The number of fused-ring (bicyclic) bond motifs is 1. The number of amides is 2. The van der Waals surface area contributed by atoms with Gasteiger partial charge in [0.15, 0.2) is 11.4 Å². The number of esters is 1. The minimum Gasteiger partial charge on any atom is -0.477 e. The molecule has 168 valence electrons. The monoisotopic (exact) mass is 526 g/mol. The second-order valence-corrected chi connectivity index (χ2v) is 8.43. The maximum atomic E-state index is 13.1. The molecule has 1 aromatic rings. The fourth-order valence-corrected chi connectivity index (χ4v) is 5.21. The van der Waals surface area contributed by atoms with Crippen molar-refractivity contribution >= 4 is 51.4 Å². The van der Waals surface area contributed by atoms with E-state index in [1.807, 2.05) is 0 Å². The van der Waals surface area contributed by atoms with Crippen LogP contribution in [0.5, 0.6) is 0 Å². The molecule has 2 N–H and O–H groups in total. The molecule has 15 heteroatoms. The summed E-state index contributed by atoms with van der Waals surface area (Å²) in [6.45, 7) is 0.846. The van der Waals surface area contributed by atoms with E-state index in [2.05, 4.69) is 26.3 Å². The van der Waals surface area contributed by atoms with E-state index >= 15 is 0 Å². The average Bonchev–Trinajstić information content (AvgIpc) is 2.97. The van der Waals surface area contributed by atoms with Crippen molar-refractivity contribution in [3.8, 4) is 0 Å². The van der Waals surface area contributed by atoms with E-state index in [1.165, 1.54) is 0 Å². The number of nitrogens with one attached hydrogen (secondary N) is 1. The number of ether oxygens (including phenoxy) is 1. The number of thioether (sulfide) groups is 1. The second-order valence-electron chi connectivity index (χ2n) is 6.53. The van der Waals surface area contributed by atoms with Crippen molar-refractivity contribution in [2.45, 2.75) is 24.5 Å². The van der Waals surface area contributed by atoms with Crippen molar-refractivity contribution in [1.29, 1.82) is 0 Å². The predicted molar refractivity (Wildman–Crippen MR) is 102 cm³/mol. The molecule has 2 aliphatic heterocycles. The number of carboxylic acids is 1. The summed E-state index contributed by atoms with van der Waals surface area (Å²) >= 11 is 3.85. The SMILES string of the molecule is CC(=O)OCC1=C(C(=O)O)N2C(=O)[C@@H](NC(=O)c3nn(C)c(C(F)(F)F)c3Br)[C@@H]2SC1. The molecule has 3 heterocycles. The number of β-lactam (4-membered cyclic amide) rings is 1. The predicted octanol–water partition coefficient (Wildman–Crippen LogP) is 1.12. The first-order valence-electron chi connectivity index (χ1n) is 8.48. The van der Waals surface area contributed by atoms with Gasteiger partial charge in [-0.25, -0.2) is 4.79 Å². The van der Waals surface area contributed by atoms with Crippen LogP contribution in [-0.2, 0) is 32.3 Å². The normalized spacial score (nSPS) is 20.8. The molecule has 3 rings (SSSR count). The first kappa shape index (κ1) is 23.1. The van der Waals surface area contributed by atoms with Gasteiger partial charge in [-0.2, -0.15) is 18.3 Å². The molecule has 1 saturated heterocycles. The molecular weight excluding hydrogens is 513 g/mol. The van der Waals surface area contributed by atoms with Gasteiger partial charge in [-0.1, -0.05) is 0 Å². The second kappa shape index (κ2) is 8.18. The average molecular weight is 527 g/mol. The number of hydrogen-bond donors (Lipinski definition) is 2. The molecule has 0 unspecified atom stereocenters. The number of aryl methyl sites for hydroxylation is 1. The Morgan fingerprint density at radius 3 is 2.55 bits per heavy atom. The lowest BCUT2D eigenvalue weighted by atomic mass is 10.0. The Balaban J connectivity index is 1.80. The molecule has 0 aromatic carbocycles. The van der Waals surface area contributed by atoms with Crippen LogP contribution in [0.25, 0.3) is 0 Å². The lowest BCUT2D eigenvalue weighted by Crippen LogP contribution is -2.70. The molecular formula is C16H14BrF3N4O6S. The maximum absolute atomic E-state index is 13.1. The van der Waals surface area contributed by atoms with E-state index in [0.29, 0.717) is 4.68 Å². The van der Waals surface area contributed by atoms with Gasteiger partial charge in [-0.05, 0) is 15.9 Å². The molecule has 0 aliphatic carbocycles. The Kier molecular flexibility index (Phi) is 6.10. The third-order valence-corrected chi connectivity index (χ3v) is 6.55. The van der Waals surface area contributed by atoms with Crippen molar-refractivity contribution in [3.63, 3.8) is 0 Å². The van der Waals surface area contributed by atoms with Crippen molar-refractivity contribution in [1.82, 2.24) is 20.0 Å². The number of nitrogens with zero attached hydrogens (tertiary/aromatic N) is 3. The van der Waals surface area contributed by atoms with Crippen molar-refractivity contribution < 1.29 is 42.2 Å². The Bertz CT molecular complexity index is 1020. The molecule has 2 aliphatic rings. The molecule has 10 nitrogen and oxygen atoms in total. The minimum atomic E-state index is -4.76. The number of hydrogen-bond acceptors (Lipinski definition) is 7. The third kappa shape index (κ3) is 4.15. The van der Waals surface area contributed by atoms with Gasteiger partial charge in [0.2, 0.25) is 0 Å². The first-order chi connectivity index (χ1) is 14.3. The number of aliphatic carboxylic acids is 1. The minimum absolute atomic E-state index is 0.112. The van der Waals surface area contributed by atoms with Gasteiger partial charge in [-0.15, -0.1) is 11.8 Å². The fourth-order valence-electron chi connectivity index (χ4n) is 3.14. The highest BCUT2D eigenvalue weighted by atomic mass is 79.9. The molecule has 2 amide bonds. The first-order valence-corrected chi connectivity index (χ1v) is 10.3. The van der Waals surface area contributed by atoms with Crippen LogP contribution < -0.4 is 5.32 Å². The molecule has 1 aromatic heterocycles. The van der Waals surface area contributed by atoms with E-state index in [9.17, 15) is 37.5 Å². The van der Waals surface area contributed by atoms with Gasteiger partial charge in [0.05, 0.1) is 4.47 Å². The number of carboxylic acid groups (broad SMARTS) is 1. The van der Waals surface area contributed by atoms with Crippen LogP contribution >= 0.6 is 27.7 Å². The Labute approximate surface area is 184 Å². The van der Waals surface area contributed by atoms with Gasteiger partial charge in [-0.3, -0.25) is 24.0 Å². The highest BCUT2D eigenvalue weighted by Gasteiger charge is 2.54.